The SMILES string of the molecule is CCC(CC)(c1ccc(CNS(C)(=O)=O)c(C)c1)c1ccc(OC(C)C(C)(O)C(C)(C)C)c(C)c1. The highest BCUT2D eigenvalue weighted by atomic mass is 32.2. The maximum atomic E-state index is 11.5. The standard InChI is InChI=1S/C29H45NO4S/c1-11-29(12-2,24-14-13-23(20(3)17-24)19-30-35(10,32)33)25-15-16-26(21(4)18-25)34-22(5)28(9,31)27(6,7)8/h13-18,22,30-31H,11-12,19H2,1-10H3. The number of ether oxygens (including phenoxy) is 1. The number of rotatable bonds is 10. The minimum absolute atomic E-state index is 0.167. The van der Waals surface area contributed by atoms with Gasteiger partial charge in [-0.2, -0.15) is 0 Å². The summed E-state index contributed by atoms with van der Waals surface area (Å²) < 4.78 is 31.9. The largest absolute Gasteiger partial charge is 0.487 e. The summed E-state index contributed by atoms with van der Waals surface area (Å²) in [4.78, 5) is 0. The lowest BCUT2D eigenvalue weighted by atomic mass is 9.70. The van der Waals surface area contributed by atoms with E-state index in [1.807, 2.05) is 53.7 Å². The molecule has 2 aromatic carbocycles. The Bertz CT molecular complexity index is 1130. The Morgan fingerprint density at radius 2 is 1.46 bits per heavy atom. The molecular weight excluding hydrogens is 458 g/mol. The highest BCUT2D eigenvalue weighted by Crippen LogP contribution is 2.41. The van der Waals surface area contributed by atoms with Gasteiger partial charge in [0.15, 0.2) is 0 Å². The first-order valence-corrected chi connectivity index (χ1v) is 14.4. The second-order valence-corrected chi connectivity index (χ2v) is 13.0. The predicted molar refractivity (Wildman–Crippen MR) is 146 cm³/mol. The van der Waals surface area contributed by atoms with E-state index in [1.54, 1.807) is 0 Å². The van der Waals surface area contributed by atoms with Crippen LogP contribution in [0.5, 0.6) is 5.75 Å². The van der Waals surface area contributed by atoms with Crippen LogP contribution in [0.1, 0.15) is 89.1 Å². The minimum Gasteiger partial charge on any atom is -0.487 e. The molecule has 0 fully saturated rings. The topological polar surface area (TPSA) is 75.6 Å². The lowest BCUT2D eigenvalue weighted by Gasteiger charge is -2.41. The van der Waals surface area contributed by atoms with E-state index < -0.39 is 15.6 Å². The van der Waals surface area contributed by atoms with Crippen LogP contribution < -0.4 is 9.46 Å². The summed E-state index contributed by atoms with van der Waals surface area (Å²) in [6.45, 7) is 18.6. The van der Waals surface area contributed by atoms with E-state index in [9.17, 15) is 13.5 Å². The fourth-order valence-corrected chi connectivity index (χ4v) is 5.05. The normalized spacial score (nSPS) is 15.5. The summed E-state index contributed by atoms with van der Waals surface area (Å²) in [6.07, 6.45) is 2.67. The molecule has 2 rings (SSSR count). The number of hydrogen-bond donors (Lipinski definition) is 2. The van der Waals surface area contributed by atoms with Crippen LogP contribution in [0.15, 0.2) is 36.4 Å². The number of benzene rings is 2. The van der Waals surface area contributed by atoms with Gasteiger partial charge in [0.05, 0.1) is 6.26 Å². The summed E-state index contributed by atoms with van der Waals surface area (Å²) >= 11 is 0. The van der Waals surface area contributed by atoms with E-state index >= 15 is 0 Å². The van der Waals surface area contributed by atoms with Crippen LogP contribution >= 0.6 is 0 Å². The first kappa shape index (κ1) is 29.3. The highest BCUT2D eigenvalue weighted by Gasteiger charge is 2.42. The van der Waals surface area contributed by atoms with Gasteiger partial charge in [0, 0.05) is 12.0 Å². The average molecular weight is 504 g/mol. The zero-order chi connectivity index (χ0) is 26.8. The molecule has 196 valence electrons. The van der Waals surface area contributed by atoms with Crippen molar-refractivity contribution in [2.45, 2.75) is 98.8 Å². The minimum atomic E-state index is -3.24. The Kier molecular flexibility index (Phi) is 8.90. The lowest BCUT2D eigenvalue weighted by molar-refractivity contribution is -0.112. The predicted octanol–water partition coefficient (Wildman–Crippen LogP) is 6.02. The van der Waals surface area contributed by atoms with E-state index in [-0.39, 0.29) is 23.5 Å². The molecule has 0 spiro atoms. The van der Waals surface area contributed by atoms with Gasteiger partial charge in [-0.15, -0.1) is 0 Å². The molecule has 6 heteroatoms. The lowest BCUT2D eigenvalue weighted by Crippen LogP contribution is -2.51. The number of aliphatic hydroxyl groups is 1. The molecule has 0 aliphatic heterocycles. The molecule has 0 bridgehead atoms. The van der Waals surface area contributed by atoms with Crippen LogP contribution in [0, 0.1) is 19.3 Å². The molecule has 0 saturated heterocycles. The molecule has 2 unspecified atom stereocenters. The molecule has 0 saturated carbocycles. The van der Waals surface area contributed by atoms with E-state index in [1.165, 1.54) is 17.4 Å². The third kappa shape index (κ3) is 6.46. The number of nitrogens with one attached hydrogen (secondary N) is 1. The summed E-state index contributed by atoms with van der Waals surface area (Å²) in [7, 11) is -3.24. The molecule has 0 heterocycles. The molecule has 2 atom stereocenters. The Hall–Kier alpha value is -1.89. The van der Waals surface area contributed by atoms with Crippen LogP contribution in [-0.2, 0) is 22.0 Å². The van der Waals surface area contributed by atoms with Gasteiger partial charge in [-0.3, -0.25) is 0 Å². The second kappa shape index (κ2) is 10.6. The van der Waals surface area contributed by atoms with E-state index in [4.69, 9.17) is 4.74 Å². The van der Waals surface area contributed by atoms with Gasteiger partial charge in [0.25, 0.3) is 0 Å². The molecular formula is C29H45NO4S. The Labute approximate surface area is 213 Å². The smallest absolute Gasteiger partial charge is 0.209 e. The Morgan fingerprint density at radius 3 is 1.89 bits per heavy atom. The first-order chi connectivity index (χ1) is 16.0. The molecule has 0 amide bonds. The quantitative estimate of drug-likeness (QED) is 0.415. The third-order valence-electron chi connectivity index (χ3n) is 7.97. The molecule has 5 nitrogen and oxygen atoms in total. The number of sulfonamides is 1. The van der Waals surface area contributed by atoms with E-state index in [2.05, 4.69) is 49.8 Å². The van der Waals surface area contributed by atoms with Crippen molar-refractivity contribution in [3.63, 3.8) is 0 Å². The van der Waals surface area contributed by atoms with Crippen molar-refractivity contribution >= 4 is 10.0 Å². The third-order valence-corrected chi connectivity index (χ3v) is 8.64. The highest BCUT2D eigenvalue weighted by molar-refractivity contribution is 7.88. The maximum absolute atomic E-state index is 11.5. The zero-order valence-corrected chi connectivity index (χ0v) is 24.1. The van der Waals surface area contributed by atoms with Crippen molar-refractivity contribution in [3.8, 4) is 5.75 Å². The van der Waals surface area contributed by atoms with E-state index in [0.717, 1.165) is 35.3 Å². The molecule has 35 heavy (non-hydrogen) atoms. The van der Waals surface area contributed by atoms with Gasteiger partial charge in [0.2, 0.25) is 10.0 Å². The number of hydrogen-bond acceptors (Lipinski definition) is 4. The molecule has 0 radical (unpaired) electrons. The van der Waals surface area contributed by atoms with Crippen LogP contribution in [0.4, 0.5) is 0 Å². The van der Waals surface area contributed by atoms with Crippen molar-refractivity contribution in [3.05, 3.63) is 64.2 Å². The van der Waals surface area contributed by atoms with Gasteiger partial charge >= 0.3 is 0 Å². The summed E-state index contributed by atoms with van der Waals surface area (Å²) in [5.74, 6) is 0.783. The summed E-state index contributed by atoms with van der Waals surface area (Å²) in [6, 6.07) is 12.7. The Morgan fingerprint density at radius 1 is 0.943 bits per heavy atom. The van der Waals surface area contributed by atoms with Gasteiger partial charge in [-0.25, -0.2) is 13.1 Å². The summed E-state index contributed by atoms with van der Waals surface area (Å²) in [5.41, 5.74) is 4.06. The van der Waals surface area contributed by atoms with Crippen molar-refractivity contribution in [1.82, 2.24) is 4.72 Å². The van der Waals surface area contributed by atoms with Crippen molar-refractivity contribution in [1.29, 1.82) is 0 Å². The van der Waals surface area contributed by atoms with Crippen LogP contribution in [0.25, 0.3) is 0 Å². The fraction of sp³-hybridized carbons (Fsp3) is 0.586. The first-order valence-electron chi connectivity index (χ1n) is 12.5. The van der Waals surface area contributed by atoms with Crippen LogP contribution in [0.2, 0.25) is 0 Å². The van der Waals surface area contributed by atoms with E-state index in [0.29, 0.717) is 0 Å². The second-order valence-electron chi connectivity index (χ2n) is 11.2. The monoisotopic (exact) mass is 503 g/mol. The Balaban J connectivity index is 2.41. The van der Waals surface area contributed by atoms with Gasteiger partial charge in [-0.1, -0.05) is 65.0 Å². The molecule has 0 aromatic heterocycles. The maximum Gasteiger partial charge on any atom is 0.209 e. The summed E-state index contributed by atoms with van der Waals surface area (Å²) in [5, 5.41) is 11.0. The van der Waals surface area contributed by atoms with Crippen molar-refractivity contribution in [2.24, 2.45) is 5.41 Å². The molecule has 0 aliphatic rings. The van der Waals surface area contributed by atoms with Gasteiger partial charge in [0.1, 0.15) is 17.5 Å². The fourth-order valence-electron chi connectivity index (χ4n) is 4.63. The zero-order valence-electron chi connectivity index (χ0n) is 23.2. The van der Waals surface area contributed by atoms with Crippen molar-refractivity contribution < 1.29 is 18.3 Å². The molecule has 2 N–H and O–H groups in total. The van der Waals surface area contributed by atoms with Crippen LogP contribution in [0.3, 0.4) is 0 Å². The average Bonchev–Trinajstić information content (AvgIpc) is 2.74. The van der Waals surface area contributed by atoms with Crippen molar-refractivity contribution in [2.75, 3.05) is 6.26 Å². The molecule has 2 aromatic rings. The number of aryl methyl sites for hydroxylation is 2. The van der Waals surface area contributed by atoms with Gasteiger partial charge < -0.3 is 9.84 Å². The molecule has 0 aliphatic carbocycles. The van der Waals surface area contributed by atoms with Gasteiger partial charge in [-0.05, 0) is 79.8 Å². The van der Waals surface area contributed by atoms with Crippen LogP contribution in [-0.4, -0.2) is 31.5 Å².